The van der Waals surface area contributed by atoms with Gasteiger partial charge in [0.05, 0.1) is 30.3 Å². The summed E-state index contributed by atoms with van der Waals surface area (Å²) in [6, 6.07) is -0.272. The molecule has 0 radical (unpaired) electrons. The van der Waals surface area contributed by atoms with E-state index >= 15 is 0 Å². The van der Waals surface area contributed by atoms with Crippen molar-refractivity contribution in [2.24, 2.45) is 0 Å². The number of thioether (sulfide) groups is 1. The highest BCUT2D eigenvalue weighted by Gasteiger charge is 2.37. The second kappa shape index (κ2) is 5.71. The highest BCUT2D eigenvalue weighted by Crippen LogP contribution is 2.36. The van der Waals surface area contributed by atoms with Crippen LogP contribution in [0.15, 0.2) is 6.33 Å². The highest BCUT2D eigenvalue weighted by molar-refractivity contribution is 8.00. The summed E-state index contributed by atoms with van der Waals surface area (Å²) in [6.07, 6.45) is 0.828. The van der Waals surface area contributed by atoms with Crippen molar-refractivity contribution in [3.05, 3.63) is 6.33 Å². The molecule has 0 spiro atoms. The van der Waals surface area contributed by atoms with Crippen molar-refractivity contribution in [2.75, 3.05) is 23.4 Å². The largest absolute Gasteiger partial charge is 0.395 e. The van der Waals surface area contributed by atoms with Crippen LogP contribution in [0, 0.1) is 0 Å². The number of imidazole rings is 1. The Morgan fingerprint density at radius 3 is 3.00 bits per heavy atom. The van der Waals surface area contributed by atoms with E-state index in [2.05, 4.69) is 20.3 Å². The Bertz CT molecular complexity index is 720. The predicted octanol–water partition coefficient (Wildman–Crippen LogP) is -0.623. The van der Waals surface area contributed by atoms with Gasteiger partial charge in [-0.1, -0.05) is 0 Å². The van der Waals surface area contributed by atoms with Gasteiger partial charge in [0.2, 0.25) is 11.9 Å². The van der Waals surface area contributed by atoms with Gasteiger partial charge in [-0.15, -0.1) is 0 Å². The van der Waals surface area contributed by atoms with Crippen LogP contribution >= 0.6 is 11.8 Å². The molecular weight excluding hydrogens is 308 g/mol. The smallest absolute Gasteiger partial charge is 0.233 e. The van der Waals surface area contributed by atoms with E-state index in [-0.39, 0.29) is 35.6 Å². The minimum Gasteiger partial charge on any atom is -0.395 e. The number of aromatic nitrogens is 4. The van der Waals surface area contributed by atoms with Crippen LogP contribution in [0.2, 0.25) is 0 Å². The van der Waals surface area contributed by atoms with Gasteiger partial charge in [0.15, 0.2) is 11.5 Å². The molecule has 3 rings (SSSR count). The monoisotopic (exact) mass is 324 g/mol. The Kier molecular flexibility index (Phi) is 3.89. The van der Waals surface area contributed by atoms with Crippen LogP contribution in [0.3, 0.4) is 0 Å². The van der Waals surface area contributed by atoms with Crippen LogP contribution in [-0.4, -0.2) is 59.4 Å². The number of carbonyl (C=O) groups excluding carboxylic acids is 1. The summed E-state index contributed by atoms with van der Waals surface area (Å²) in [5.74, 6) is 0.572. The van der Waals surface area contributed by atoms with Crippen LogP contribution in [-0.2, 0) is 4.79 Å². The fraction of sp³-hybridized carbons (Fsp3) is 0.500. The summed E-state index contributed by atoms with van der Waals surface area (Å²) in [4.78, 5) is 23.6. The molecule has 0 saturated carbocycles. The quantitative estimate of drug-likeness (QED) is 0.585. The molecule has 118 valence electrons. The molecule has 0 aromatic carbocycles. The van der Waals surface area contributed by atoms with Crippen LogP contribution in [0.4, 0.5) is 11.8 Å². The molecule has 2 aromatic heterocycles. The third-order valence-electron chi connectivity index (χ3n) is 3.53. The molecule has 3 heterocycles. The maximum absolute atomic E-state index is 11.1. The first kappa shape index (κ1) is 15.0. The van der Waals surface area contributed by atoms with Crippen LogP contribution in [0.25, 0.3) is 11.2 Å². The number of nitrogens with zero attached hydrogens (tertiary/aromatic N) is 4. The maximum Gasteiger partial charge on any atom is 0.233 e. The number of amides is 1. The summed E-state index contributed by atoms with van der Waals surface area (Å²) >= 11 is 1.49. The number of anilines is 2. The van der Waals surface area contributed by atoms with Crippen molar-refractivity contribution in [3.8, 4) is 0 Å². The van der Waals surface area contributed by atoms with E-state index in [0.29, 0.717) is 16.9 Å². The fourth-order valence-corrected chi connectivity index (χ4v) is 3.75. The van der Waals surface area contributed by atoms with Gasteiger partial charge in [-0.3, -0.25) is 10.1 Å². The van der Waals surface area contributed by atoms with Gasteiger partial charge in [-0.25, -0.2) is 4.98 Å². The lowest BCUT2D eigenvalue weighted by Gasteiger charge is -2.18. The summed E-state index contributed by atoms with van der Waals surface area (Å²) < 4.78 is 1.71. The third-order valence-corrected chi connectivity index (χ3v) is 4.92. The second-order valence-corrected chi connectivity index (χ2v) is 6.32. The Labute approximate surface area is 130 Å². The van der Waals surface area contributed by atoms with E-state index < -0.39 is 6.10 Å². The fourth-order valence-electron chi connectivity index (χ4n) is 2.47. The molecule has 0 unspecified atom stereocenters. The molecule has 2 aromatic rings. The standard InChI is InChI=1S/C12H16N6O3S/c1-5(20)15-12-16-10(13)8-11(17-12)18(4-14-8)6-3-22-7(2-19)9(6)21/h4,6-7,9,19,21H,2-3H2,1H3,(H3,13,15,16,17,20)/t6-,7-,9+/m1/s1. The number of aliphatic hydroxyl groups excluding tert-OH is 2. The van der Waals surface area contributed by atoms with E-state index in [0.717, 1.165) is 0 Å². The zero-order chi connectivity index (χ0) is 15.9. The Morgan fingerprint density at radius 2 is 2.36 bits per heavy atom. The minimum absolute atomic E-state index is 0.0940. The molecule has 5 N–H and O–H groups in total. The first-order valence-electron chi connectivity index (χ1n) is 6.69. The lowest BCUT2D eigenvalue weighted by Crippen LogP contribution is -2.29. The molecule has 9 nitrogen and oxygen atoms in total. The van der Waals surface area contributed by atoms with Crippen LogP contribution in [0.1, 0.15) is 13.0 Å². The molecule has 3 atom stereocenters. The first-order valence-corrected chi connectivity index (χ1v) is 7.74. The van der Waals surface area contributed by atoms with Crippen molar-refractivity contribution in [1.29, 1.82) is 0 Å². The minimum atomic E-state index is -0.715. The molecule has 1 aliphatic heterocycles. The maximum atomic E-state index is 11.1. The van der Waals surface area contributed by atoms with Crippen LogP contribution < -0.4 is 11.1 Å². The predicted molar refractivity (Wildman–Crippen MR) is 82.4 cm³/mol. The van der Waals surface area contributed by atoms with E-state index in [4.69, 9.17) is 5.73 Å². The summed E-state index contributed by atoms with van der Waals surface area (Å²) in [6.45, 7) is 1.26. The molecule has 10 heteroatoms. The van der Waals surface area contributed by atoms with E-state index in [1.54, 1.807) is 10.9 Å². The summed E-state index contributed by atoms with van der Waals surface area (Å²) in [5.41, 5.74) is 6.71. The number of aliphatic hydroxyl groups is 2. The van der Waals surface area contributed by atoms with Gasteiger partial charge in [-0.2, -0.15) is 21.7 Å². The number of fused-ring (bicyclic) bond motifs is 1. The van der Waals surface area contributed by atoms with Gasteiger partial charge in [-0.05, 0) is 0 Å². The molecular formula is C12H16N6O3S. The zero-order valence-electron chi connectivity index (χ0n) is 11.8. The van der Waals surface area contributed by atoms with Gasteiger partial charge in [0.25, 0.3) is 0 Å². The van der Waals surface area contributed by atoms with Crippen molar-refractivity contribution < 1.29 is 15.0 Å². The number of nitrogens with two attached hydrogens (primary N) is 1. The van der Waals surface area contributed by atoms with Gasteiger partial charge in [0.1, 0.15) is 5.52 Å². The van der Waals surface area contributed by atoms with Crippen molar-refractivity contribution in [1.82, 2.24) is 19.5 Å². The molecule has 0 bridgehead atoms. The number of hydrogen-bond donors (Lipinski definition) is 4. The number of nitrogens with one attached hydrogen (secondary N) is 1. The summed E-state index contributed by atoms with van der Waals surface area (Å²) in [7, 11) is 0. The van der Waals surface area contributed by atoms with Gasteiger partial charge >= 0.3 is 0 Å². The SMILES string of the molecule is CC(=O)Nc1nc(N)c2ncn([C@@H]3CS[C@H](CO)[C@H]3O)c2n1. The number of hydrogen-bond acceptors (Lipinski definition) is 8. The Hall–Kier alpha value is -1.91. The molecule has 1 fully saturated rings. The number of nitrogen functional groups attached to an aromatic ring is 1. The molecule has 22 heavy (non-hydrogen) atoms. The second-order valence-electron chi connectivity index (χ2n) is 5.05. The molecule has 1 saturated heterocycles. The Morgan fingerprint density at radius 1 is 1.59 bits per heavy atom. The van der Waals surface area contributed by atoms with E-state index in [9.17, 15) is 15.0 Å². The zero-order valence-corrected chi connectivity index (χ0v) is 12.6. The molecule has 1 aliphatic rings. The lowest BCUT2D eigenvalue weighted by molar-refractivity contribution is -0.114. The molecule has 1 amide bonds. The van der Waals surface area contributed by atoms with Crippen LogP contribution in [0.5, 0.6) is 0 Å². The number of carbonyl (C=O) groups is 1. The average Bonchev–Trinajstić information content (AvgIpc) is 3.01. The van der Waals surface area contributed by atoms with Crippen molar-refractivity contribution in [2.45, 2.75) is 24.3 Å². The Balaban J connectivity index is 2.03. The van der Waals surface area contributed by atoms with Gasteiger partial charge in [0, 0.05) is 12.7 Å². The van der Waals surface area contributed by atoms with E-state index in [1.807, 2.05) is 0 Å². The summed E-state index contributed by atoms with van der Waals surface area (Å²) in [5, 5.41) is 21.8. The highest BCUT2D eigenvalue weighted by atomic mass is 32.2. The van der Waals surface area contributed by atoms with E-state index in [1.165, 1.54) is 18.7 Å². The first-order chi connectivity index (χ1) is 10.5. The normalized spacial score (nSPS) is 24.8. The third kappa shape index (κ3) is 2.49. The lowest BCUT2D eigenvalue weighted by atomic mass is 10.1. The number of rotatable bonds is 3. The average molecular weight is 324 g/mol. The topological polar surface area (TPSA) is 139 Å². The van der Waals surface area contributed by atoms with Crippen molar-refractivity contribution in [3.63, 3.8) is 0 Å². The van der Waals surface area contributed by atoms with Crippen molar-refractivity contribution >= 4 is 40.6 Å². The molecule has 0 aliphatic carbocycles. The van der Waals surface area contributed by atoms with Gasteiger partial charge < -0.3 is 20.5 Å².